The average molecular weight is 540 g/mol. The molecule has 1 aliphatic heterocycles. The highest BCUT2D eigenvalue weighted by Gasteiger charge is 2.30. The number of hydrogen-bond acceptors (Lipinski definition) is 8. The molecule has 9 heteroatoms. The fourth-order valence-electron chi connectivity index (χ4n) is 6.11. The van der Waals surface area contributed by atoms with Crippen LogP contribution in [0.5, 0.6) is 11.5 Å². The van der Waals surface area contributed by atoms with Crippen LogP contribution in [0.3, 0.4) is 0 Å². The van der Waals surface area contributed by atoms with Gasteiger partial charge in [-0.25, -0.2) is 0 Å². The molecule has 2 aromatic heterocycles. The van der Waals surface area contributed by atoms with E-state index in [1.165, 1.54) is 12.8 Å². The summed E-state index contributed by atoms with van der Waals surface area (Å²) in [7, 11) is 3.84. The number of pyridine rings is 1. The molecule has 40 heavy (non-hydrogen) atoms. The SMILES string of the molecule is COc1cc(-c2nn(C3CCC(N4CCN(C)CC4)CC3)c3cncc(N)c23)ccc1N=Cc1ccccc1O. The van der Waals surface area contributed by atoms with E-state index in [9.17, 15) is 5.11 Å². The third-order valence-electron chi connectivity index (χ3n) is 8.45. The zero-order valence-electron chi connectivity index (χ0n) is 23.2. The first-order valence-corrected chi connectivity index (χ1v) is 14.1. The number of anilines is 1. The molecule has 3 N–H and O–H groups in total. The number of ether oxygens (including phenoxy) is 1. The van der Waals surface area contributed by atoms with Gasteiger partial charge in [-0.1, -0.05) is 18.2 Å². The number of benzene rings is 2. The number of rotatable bonds is 6. The van der Waals surface area contributed by atoms with Crippen molar-refractivity contribution in [3.8, 4) is 22.8 Å². The molecule has 2 aliphatic rings. The first-order valence-electron chi connectivity index (χ1n) is 14.1. The maximum atomic E-state index is 10.1. The lowest BCUT2D eigenvalue weighted by atomic mass is 9.89. The molecule has 0 radical (unpaired) electrons. The van der Waals surface area contributed by atoms with Gasteiger partial charge in [-0.3, -0.25) is 19.6 Å². The molecule has 9 nitrogen and oxygen atoms in total. The number of phenolic OH excluding ortho intramolecular Hbond substituents is 1. The monoisotopic (exact) mass is 539 g/mol. The molecule has 208 valence electrons. The van der Waals surface area contributed by atoms with Gasteiger partial charge in [0.25, 0.3) is 0 Å². The Morgan fingerprint density at radius 3 is 2.50 bits per heavy atom. The van der Waals surface area contributed by atoms with Crippen molar-refractivity contribution in [1.29, 1.82) is 0 Å². The highest BCUT2D eigenvalue weighted by Crippen LogP contribution is 2.40. The molecule has 2 aromatic carbocycles. The number of aromatic nitrogens is 3. The van der Waals surface area contributed by atoms with Gasteiger partial charge in [-0.15, -0.1) is 0 Å². The van der Waals surface area contributed by atoms with Crippen LogP contribution in [-0.4, -0.2) is 82.3 Å². The van der Waals surface area contributed by atoms with E-state index in [2.05, 4.69) is 31.5 Å². The summed E-state index contributed by atoms with van der Waals surface area (Å²) >= 11 is 0. The number of nitrogens with two attached hydrogens (primary N) is 1. The van der Waals surface area contributed by atoms with Crippen molar-refractivity contribution in [2.45, 2.75) is 37.8 Å². The van der Waals surface area contributed by atoms with Crippen molar-refractivity contribution in [2.75, 3.05) is 46.1 Å². The second-order valence-corrected chi connectivity index (χ2v) is 10.9. The van der Waals surface area contributed by atoms with Crippen LogP contribution in [0, 0.1) is 0 Å². The Morgan fingerprint density at radius 1 is 1.00 bits per heavy atom. The number of aliphatic imine (C=N–C) groups is 1. The number of aromatic hydroxyl groups is 1. The highest BCUT2D eigenvalue weighted by atomic mass is 16.5. The summed E-state index contributed by atoms with van der Waals surface area (Å²) in [5, 5.41) is 16.2. The van der Waals surface area contributed by atoms with E-state index in [0.717, 1.165) is 61.2 Å². The fraction of sp³-hybridized carbons (Fsp3) is 0.387. The molecular weight excluding hydrogens is 502 g/mol. The van der Waals surface area contributed by atoms with Gasteiger partial charge in [-0.2, -0.15) is 5.10 Å². The number of phenols is 1. The third-order valence-corrected chi connectivity index (χ3v) is 8.45. The van der Waals surface area contributed by atoms with Crippen LogP contribution in [0.4, 0.5) is 11.4 Å². The second kappa shape index (κ2) is 11.3. The number of methoxy groups -OCH3 is 1. The van der Waals surface area contributed by atoms with Crippen LogP contribution < -0.4 is 10.5 Å². The lowest BCUT2D eigenvalue weighted by molar-refractivity contribution is 0.0816. The van der Waals surface area contributed by atoms with Gasteiger partial charge in [0.1, 0.15) is 22.9 Å². The van der Waals surface area contributed by atoms with Crippen molar-refractivity contribution in [3.63, 3.8) is 0 Å². The van der Waals surface area contributed by atoms with Crippen molar-refractivity contribution >= 4 is 28.5 Å². The lowest BCUT2D eigenvalue weighted by Gasteiger charge is -2.41. The molecular formula is C31H37N7O2. The number of piperazine rings is 1. The summed E-state index contributed by atoms with van der Waals surface area (Å²) in [6.07, 6.45) is 9.76. The Morgan fingerprint density at radius 2 is 1.75 bits per heavy atom. The van der Waals surface area contributed by atoms with Crippen molar-refractivity contribution in [2.24, 2.45) is 4.99 Å². The zero-order valence-corrected chi connectivity index (χ0v) is 23.2. The molecule has 1 saturated carbocycles. The molecule has 4 aromatic rings. The standard InChI is InChI=1S/C31H37N7O2/c1-36-13-15-37(16-14-36)23-8-10-24(11-9-23)38-27-20-33-19-25(32)30(27)31(35-38)21-7-12-26(29(17-21)40-2)34-18-22-5-3-4-6-28(22)39/h3-7,12,17-20,23-24,39H,8-11,13-16,32H2,1-2H3. The van der Waals surface area contributed by atoms with Crippen molar-refractivity contribution < 1.29 is 9.84 Å². The van der Waals surface area contributed by atoms with Gasteiger partial charge in [0, 0.05) is 49.6 Å². The molecule has 3 heterocycles. The summed E-state index contributed by atoms with van der Waals surface area (Å²) in [6, 6.07) is 13.9. The van der Waals surface area contributed by atoms with Crippen LogP contribution in [0.25, 0.3) is 22.2 Å². The quantitative estimate of drug-likeness (QED) is 0.337. The zero-order chi connectivity index (χ0) is 27.6. The number of nitrogen functional groups attached to an aromatic ring is 1. The Bertz CT molecular complexity index is 1520. The number of hydrogen-bond donors (Lipinski definition) is 2. The third kappa shape index (κ3) is 5.14. The molecule has 6 rings (SSSR count). The van der Waals surface area contributed by atoms with E-state index >= 15 is 0 Å². The minimum absolute atomic E-state index is 0.181. The summed E-state index contributed by atoms with van der Waals surface area (Å²) < 4.78 is 7.86. The van der Waals surface area contributed by atoms with E-state index in [4.69, 9.17) is 15.6 Å². The van der Waals surface area contributed by atoms with Crippen LogP contribution >= 0.6 is 0 Å². The Labute approximate surface area is 234 Å². The Hall–Kier alpha value is -3.95. The van der Waals surface area contributed by atoms with Crippen LogP contribution in [0.1, 0.15) is 37.3 Å². The minimum atomic E-state index is 0.181. The topological polar surface area (TPSA) is 105 Å². The van der Waals surface area contributed by atoms with E-state index in [-0.39, 0.29) is 5.75 Å². The lowest BCUT2D eigenvalue weighted by Crippen LogP contribution is -2.49. The highest BCUT2D eigenvalue weighted by molar-refractivity contribution is 6.01. The van der Waals surface area contributed by atoms with Gasteiger partial charge in [-0.05, 0) is 57.0 Å². The summed E-state index contributed by atoms with van der Waals surface area (Å²) in [5.74, 6) is 0.799. The van der Waals surface area contributed by atoms with Crippen LogP contribution in [0.15, 0.2) is 59.9 Å². The molecule has 0 atom stereocenters. The summed E-state index contributed by atoms with van der Waals surface area (Å²) in [6.45, 7) is 4.63. The largest absolute Gasteiger partial charge is 0.507 e. The minimum Gasteiger partial charge on any atom is -0.507 e. The summed E-state index contributed by atoms with van der Waals surface area (Å²) in [4.78, 5) is 14.1. The second-order valence-electron chi connectivity index (χ2n) is 10.9. The molecule has 0 bridgehead atoms. The molecule has 1 aliphatic carbocycles. The van der Waals surface area contributed by atoms with Gasteiger partial charge in [0.15, 0.2) is 0 Å². The maximum absolute atomic E-state index is 10.1. The number of fused-ring (bicyclic) bond motifs is 1. The predicted molar refractivity (Wildman–Crippen MR) is 160 cm³/mol. The van der Waals surface area contributed by atoms with E-state index in [1.54, 1.807) is 31.7 Å². The van der Waals surface area contributed by atoms with Crippen molar-refractivity contribution in [1.82, 2.24) is 24.6 Å². The van der Waals surface area contributed by atoms with Crippen LogP contribution in [-0.2, 0) is 0 Å². The molecule has 0 amide bonds. The van der Waals surface area contributed by atoms with Gasteiger partial charge >= 0.3 is 0 Å². The first-order chi connectivity index (χ1) is 19.5. The smallest absolute Gasteiger partial charge is 0.145 e. The molecule has 0 unspecified atom stereocenters. The van der Waals surface area contributed by atoms with Gasteiger partial charge in [0.05, 0.1) is 42.1 Å². The normalized spacial score (nSPS) is 20.9. The number of para-hydroxylation sites is 1. The first kappa shape index (κ1) is 26.3. The molecule has 1 saturated heterocycles. The Kier molecular flexibility index (Phi) is 7.40. The van der Waals surface area contributed by atoms with E-state index in [0.29, 0.717) is 34.8 Å². The van der Waals surface area contributed by atoms with Gasteiger partial charge in [0.2, 0.25) is 0 Å². The van der Waals surface area contributed by atoms with Gasteiger partial charge < -0.3 is 20.5 Å². The van der Waals surface area contributed by atoms with Crippen molar-refractivity contribution in [3.05, 3.63) is 60.4 Å². The molecule has 2 fully saturated rings. The molecule has 0 spiro atoms. The fourth-order valence-corrected chi connectivity index (χ4v) is 6.11. The summed E-state index contributed by atoms with van der Waals surface area (Å²) in [5.41, 5.74) is 11.1. The van der Waals surface area contributed by atoms with E-state index < -0.39 is 0 Å². The Balaban J connectivity index is 1.28. The average Bonchev–Trinajstić information content (AvgIpc) is 3.38. The number of likely N-dealkylation sites (N-methyl/N-ethyl adjacent to an activating group) is 1. The predicted octanol–water partition coefficient (Wildman–Crippen LogP) is 4.88. The van der Waals surface area contributed by atoms with E-state index in [1.807, 2.05) is 36.5 Å². The number of nitrogens with zero attached hydrogens (tertiary/aromatic N) is 6. The van der Waals surface area contributed by atoms with Crippen LogP contribution in [0.2, 0.25) is 0 Å². The maximum Gasteiger partial charge on any atom is 0.145 e.